The topological polar surface area (TPSA) is 50.4 Å². The van der Waals surface area contributed by atoms with E-state index in [1.54, 1.807) is 0 Å². The fourth-order valence-corrected chi connectivity index (χ4v) is 2.38. The van der Waals surface area contributed by atoms with Gasteiger partial charge in [0.15, 0.2) is 0 Å². The summed E-state index contributed by atoms with van der Waals surface area (Å²) in [6.45, 7) is 5.81. The first-order valence-electron chi connectivity index (χ1n) is 7.43. The van der Waals surface area contributed by atoms with Crippen LogP contribution < -0.4 is 10.6 Å². The Labute approximate surface area is 120 Å². The second-order valence-corrected chi connectivity index (χ2v) is 5.21. The number of ether oxygens (including phenoxy) is 1. The van der Waals surface area contributed by atoms with Crippen LogP contribution in [-0.4, -0.2) is 25.6 Å². The lowest BCUT2D eigenvalue weighted by molar-refractivity contribution is -0.125. The summed E-state index contributed by atoms with van der Waals surface area (Å²) >= 11 is 0. The molecule has 4 heteroatoms. The van der Waals surface area contributed by atoms with Crippen LogP contribution in [0.2, 0.25) is 0 Å². The molecule has 2 rings (SSSR count). The number of carbonyl (C=O) groups excluding carboxylic acids is 1. The highest BCUT2D eigenvalue weighted by molar-refractivity contribution is 5.78. The molecule has 0 radical (unpaired) electrons. The lowest BCUT2D eigenvalue weighted by atomic mass is 9.99. The van der Waals surface area contributed by atoms with Crippen LogP contribution in [0.5, 0.6) is 0 Å². The number of hydrogen-bond acceptors (Lipinski definition) is 3. The quantitative estimate of drug-likeness (QED) is 0.833. The van der Waals surface area contributed by atoms with E-state index in [2.05, 4.69) is 22.8 Å². The molecule has 1 aromatic rings. The zero-order chi connectivity index (χ0) is 14.2. The minimum Gasteiger partial charge on any atom is -0.377 e. The van der Waals surface area contributed by atoms with Gasteiger partial charge in [-0.1, -0.05) is 24.3 Å². The number of hydrogen-bond donors (Lipinski definition) is 2. The molecule has 1 unspecified atom stereocenters. The standard InChI is InChI=1S/C16H24N2O2/c1-2-20-12-14-7-5-13(6-8-14)10-18-16(19)15-4-3-9-17-11-15/h5-8,15,17H,2-4,9-12H2,1H3,(H,18,19). The van der Waals surface area contributed by atoms with Gasteiger partial charge in [0.05, 0.1) is 12.5 Å². The van der Waals surface area contributed by atoms with E-state index in [-0.39, 0.29) is 11.8 Å². The molecular weight excluding hydrogens is 252 g/mol. The summed E-state index contributed by atoms with van der Waals surface area (Å²) in [5.74, 6) is 0.288. The van der Waals surface area contributed by atoms with Crippen LogP contribution in [0.4, 0.5) is 0 Å². The zero-order valence-electron chi connectivity index (χ0n) is 12.2. The van der Waals surface area contributed by atoms with E-state index >= 15 is 0 Å². The molecule has 0 saturated carbocycles. The number of rotatable bonds is 6. The average Bonchev–Trinajstić information content (AvgIpc) is 2.52. The SMILES string of the molecule is CCOCc1ccc(CNC(=O)C2CCCNC2)cc1. The third kappa shape index (κ3) is 4.62. The van der Waals surface area contributed by atoms with E-state index < -0.39 is 0 Å². The fraction of sp³-hybridized carbons (Fsp3) is 0.562. The highest BCUT2D eigenvalue weighted by Gasteiger charge is 2.20. The molecular formula is C16H24N2O2. The molecule has 4 nitrogen and oxygen atoms in total. The highest BCUT2D eigenvalue weighted by Crippen LogP contribution is 2.10. The molecule has 1 aromatic carbocycles. The molecule has 0 spiro atoms. The first-order chi connectivity index (χ1) is 9.79. The second kappa shape index (κ2) is 8.02. The van der Waals surface area contributed by atoms with Crippen LogP contribution in [0.3, 0.4) is 0 Å². The Morgan fingerprint density at radius 3 is 2.75 bits per heavy atom. The average molecular weight is 276 g/mol. The maximum absolute atomic E-state index is 12.0. The molecule has 1 saturated heterocycles. The van der Waals surface area contributed by atoms with Crippen molar-refractivity contribution in [3.05, 3.63) is 35.4 Å². The summed E-state index contributed by atoms with van der Waals surface area (Å²) in [6, 6.07) is 8.21. The third-order valence-corrected chi connectivity index (χ3v) is 3.63. The number of nitrogens with one attached hydrogen (secondary N) is 2. The summed E-state index contributed by atoms with van der Waals surface area (Å²) in [6.07, 6.45) is 2.08. The van der Waals surface area contributed by atoms with Gasteiger partial charge < -0.3 is 15.4 Å². The van der Waals surface area contributed by atoms with Gasteiger partial charge in [-0.3, -0.25) is 4.79 Å². The van der Waals surface area contributed by atoms with Crippen molar-refractivity contribution < 1.29 is 9.53 Å². The van der Waals surface area contributed by atoms with Gasteiger partial charge in [-0.25, -0.2) is 0 Å². The molecule has 1 aliphatic rings. The predicted octanol–water partition coefficient (Wildman–Crippen LogP) is 1.84. The molecule has 1 aliphatic heterocycles. The number of carbonyl (C=O) groups is 1. The van der Waals surface area contributed by atoms with E-state index in [0.29, 0.717) is 13.2 Å². The van der Waals surface area contributed by atoms with Gasteiger partial charge in [-0.2, -0.15) is 0 Å². The summed E-state index contributed by atoms with van der Waals surface area (Å²) in [5.41, 5.74) is 2.29. The zero-order valence-corrected chi connectivity index (χ0v) is 12.2. The molecule has 20 heavy (non-hydrogen) atoms. The van der Waals surface area contributed by atoms with Gasteiger partial charge in [0.2, 0.25) is 5.91 Å². The van der Waals surface area contributed by atoms with Gasteiger partial charge in [-0.05, 0) is 37.4 Å². The maximum Gasteiger partial charge on any atom is 0.224 e. The first-order valence-corrected chi connectivity index (χ1v) is 7.43. The summed E-state index contributed by atoms with van der Waals surface area (Å²) < 4.78 is 5.36. The number of piperidine rings is 1. The third-order valence-electron chi connectivity index (χ3n) is 3.63. The highest BCUT2D eigenvalue weighted by atomic mass is 16.5. The van der Waals surface area contributed by atoms with Crippen molar-refractivity contribution in [2.75, 3.05) is 19.7 Å². The van der Waals surface area contributed by atoms with Crippen molar-refractivity contribution >= 4 is 5.91 Å². The van der Waals surface area contributed by atoms with Gasteiger partial charge in [0.1, 0.15) is 0 Å². The first kappa shape index (κ1) is 15.0. The molecule has 1 amide bonds. The van der Waals surface area contributed by atoms with Crippen LogP contribution in [0.1, 0.15) is 30.9 Å². The normalized spacial score (nSPS) is 18.8. The molecule has 1 heterocycles. The Kier molecular flexibility index (Phi) is 6.02. The van der Waals surface area contributed by atoms with E-state index in [4.69, 9.17) is 4.74 Å². The Morgan fingerprint density at radius 2 is 2.10 bits per heavy atom. The van der Waals surface area contributed by atoms with Crippen LogP contribution in [0, 0.1) is 5.92 Å². The minimum absolute atomic E-state index is 0.126. The van der Waals surface area contributed by atoms with Crippen molar-refractivity contribution in [2.45, 2.75) is 32.9 Å². The summed E-state index contributed by atoms with van der Waals surface area (Å²) in [5, 5.41) is 6.29. The molecule has 0 aromatic heterocycles. The van der Waals surface area contributed by atoms with E-state index in [9.17, 15) is 4.79 Å². The summed E-state index contributed by atoms with van der Waals surface area (Å²) in [7, 11) is 0. The number of amides is 1. The van der Waals surface area contributed by atoms with Crippen LogP contribution in [0.15, 0.2) is 24.3 Å². The van der Waals surface area contributed by atoms with Gasteiger partial charge in [0.25, 0.3) is 0 Å². The Bertz CT molecular complexity index is 411. The molecule has 0 bridgehead atoms. The maximum atomic E-state index is 12.0. The fourth-order valence-electron chi connectivity index (χ4n) is 2.38. The summed E-state index contributed by atoms with van der Waals surface area (Å²) in [4.78, 5) is 12.0. The van der Waals surface area contributed by atoms with E-state index in [1.165, 1.54) is 5.56 Å². The van der Waals surface area contributed by atoms with Crippen LogP contribution in [0.25, 0.3) is 0 Å². The molecule has 110 valence electrons. The Hall–Kier alpha value is -1.39. The predicted molar refractivity (Wildman–Crippen MR) is 79.2 cm³/mol. The lowest BCUT2D eigenvalue weighted by Gasteiger charge is -2.21. The minimum atomic E-state index is 0.126. The largest absolute Gasteiger partial charge is 0.377 e. The number of benzene rings is 1. The van der Waals surface area contributed by atoms with Crippen molar-refractivity contribution in [2.24, 2.45) is 5.92 Å². The molecule has 1 atom stereocenters. The van der Waals surface area contributed by atoms with Crippen molar-refractivity contribution in [3.8, 4) is 0 Å². The lowest BCUT2D eigenvalue weighted by Crippen LogP contribution is -2.40. The molecule has 0 aliphatic carbocycles. The monoisotopic (exact) mass is 276 g/mol. The molecule has 2 N–H and O–H groups in total. The van der Waals surface area contributed by atoms with E-state index in [0.717, 1.165) is 38.1 Å². The van der Waals surface area contributed by atoms with Gasteiger partial charge in [-0.15, -0.1) is 0 Å². The van der Waals surface area contributed by atoms with Crippen molar-refractivity contribution in [1.82, 2.24) is 10.6 Å². The Morgan fingerprint density at radius 1 is 1.35 bits per heavy atom. The Balaban J connectivity index is 1.76. The smallest absolute Gasteiger partial charge is 0.224 e. The second-order valence-electron chi connectivity index (χ2n) is 5.21. The van der Waals surface area contributed by atoms with Gasteiger partial charge >= 0.3 is 0 Å². The van der Waals surface area contributed by atoms with Crippen LogP contribution in [-0.2, 0) is 22.7 Å². The van der Waals surface area contributed by atoms with Gasteiger partial charge in [0, 0.05) is 19.7 Å². The van der Waals surface area contributed by atoms with Crippen molar-refractivity contribution in [3.63, 3.8) is 0 Å². The van der Waals surface area contributed by atoms with E-state index in [1.807, 2.05) is 19.1 Å². The van der Waals surface area contributed by atoms with Crippen LogP contribution >= 0.6 is 0 Å². The van der Waals surface area contributed by atoms with Crippen molar-refractivity contribution in [1.29, 1.82) is 0 Å². The molecule has 1 fully saturated rings.